The lowest BCUT2D eigenvalue weighted by atomic mass is 10.1. The predicted octanol–water partition coefficient (Wildman–Crippen LogP) is 3.84. The minimum Gasteiger partial charge on any atom is -0.322 e. The fraction of sp³-hybridized carbons (Fsp3) is 0.409. The van der Waals surface area contributed by atoms with Crippen LogP contribution in [0.25, 0.3) is 0 Å². The van der Waals surface area contributed by atoms with Crippen LogP contribution in [-0.4, -0.2) is 55.8 Å². The van der Waals surface area contributed by atoms with E-state index in [2.05, 4.69) is 17.3 Å². The summed E-state index contributed by atoms with van der Waals surface area (Å²) >= 11 is 6.07. The molecule has 160 valence electrons. The average Bonchev–Trinajstić information content (AvgIpc) is 3.55. The third-order valence-corrected chi connectivity index (χ3v) is 8.11. The van der Waals surface area contributed by atoms with Crippen molar-refractivity contribution in [1.82, 2.24) is 9.21 Å². The summed E-state index contributed by atoms with van der Waals surface area (Å²) in [5, 5.41) is 3.14. The van der Waals surface area contributed by atoms with Crippen molar-refractivity contribution in [3.63, 3.8) is 0 Å². The van der Waals surface area contributed by atoms with Crippen LogP contribution in [-0.2, 0) is 10.0 Å². The summed E-state index contributed by atoms with van der Waals surface area (Å²) in [6.45, 7) is 1.83. The van der Waals surface area contributed by atoms with Crippen LogP contribution in [0, 0.1) is 0 Å². The zero-order chi connectivity index (χ0) is 21.3. The van der Waals surface area contributed by atoms with E-state index in [-0.39, 0.29) is 22.9 Å². The molecule has 1 saturated carbocycles. The fourth-order valence-corrected chi connectivity index (χ4v) is 6.10. The largest absolute Gasteiger partial charge is 0.322 e. The van der Waals surface area contributed by atoms with E-state index in [1.807, 2.05) is 0 Å². The van der Waals surface area contributed by atoms with Crippen LogP contribution < -0.4 is 5.32 Å². The molecular weight excluding hydrogens is 422 g/mol. The molecule has 0 radical (unpaired) electrons. The van der Waals surface area contributed by atoms with Crippen LogP contribution >= 0.6 is 11.6 Å². The molecule has 30 heavy (non-hydrogen) atoms. The minimum absolute atomic E-state index is 0.0540. The Morgan fingerprint density at radius 1 is 1.00 bits per heavy atom. The van der Waals surface area contributed by atoms with E-state index in [4.69, 9.17) is 11.6 Å². The van der Waals surface area contributed by atoms with E-state index in [0.29, 0.717) is 16.3 Å². The van der Waals surface area contributed by atoms with Gasteiger partial charge in [0.25, 0.3) is 5.91 Å². The first-order chi connectivity index (χ1) is 14.4. The van der Waals surface area contributed by atoms with E-state index in [1.165, 1.54) is 0 Å². The number of anilines is 1. The average molecular weight is 448 g/mol. The van der Waals surface area contributed by atoms with Crippen molar-refractivity contribution in [2.24, 2.45) is 0 Å². The second kappa shape index (κ2) is 8.67. The van der Waals surface area contributed by atoms with Gasteiger partial charge in [-0.05, 0) is 82.2 Å². The summed E-state index contributed by atoms with van der Waals surface area (Å²) in [5.41, 5.74) is 0.897. The van der Waals surface area contributed by atoms with Crippen LogP contribution in [0.5, 0.6) is 0 Å². The number of nitrogens with one attached hydrogen (secondary N) is 1. The normalized spacial score (nSPS) is 18.5. The highest BCUT2D eigenvalue weighted by atomic mass is 35.5. The Morgan fingerprint density at radius 3 is 2.20 bits per heavy atom. The third-order valence-electron chi connectivity index (χ3n) is 5.76. The lowest BCUT2D eigenvalue weighted by Crippen LogP contribution is -2.47. The second-order valence-electron chi connectivity index (χ2n) is 8.06. The van der Waals surface area contributed by atoms with Gasteiger partial charge in [0, 0.05) is 17.8 Å². The molecule has 0 spiro atoms. The summed E-state index contributed by atoms with van der Waals surface area (Å²) in [6, 6.07) is 13.4. The smallest absolute Gasteiger partial charge is 0.257 e. The van der Waals surface area contributed by atoms with Crippen LogP contribution in [0.2, 0.25) is 5.02 Å². The molecule has 2 fully saturated rings. The summed E-state index contributed by atoms with van der Waals surface area (Å²) in [7, 11) is -1.51. The van der Waals surface area contributed by atoms with Crippen molar-refractivity contribution in [1.29, 1.82) is 0 Å². The molecule has 0 atom stereocenters. The molecule has 1 saturated heterocycles. The molecule has 1 aliphatic carbocycles. The molecule has 8 heteroatoms. The van der Waals surface area contributed by atoms with Crippen LogP contribution in [0.3, 0.4) is 0 Å². The summed E-state index contributed by atoms with van der Waals surface area (Å²) in [6.07, 6.45) is 3.57. The number of hydrogen-bond acceptors (Lipinski definition) is 4. The van der Waals surface area contributed by atoms with Gasteiger partial charge in [0.1, 0.15) is 0 Å². The SMILES string of the molecule is CN1CCC(N(C2CC2)S(=O)(=O)c2ccc(NC(=O)c3ccccc3Cl)cc2)CC1. The molecular formula is C22H26ClN3O3S. The number of piperidine rings is 1. The quantitative estimate of drug-likeness (QED) is 0.730. The van der Waals surface area contributed by atoms with Gasteiger partial charge >= 0.3 is 0 Å². The molecule has 0 bridgehead atoms. The predicted molar refractivity (Wildman–Crippen MR) is 118 cm³/mol. The molecule has 1 amide bonds. The minimum atomic E-state index is -3.58. The van der Waals surface area contributed by atoms with E-state index in [0.717, 1.165) is 38.8 Å². The zero-order valence-corrected chi connectivity index (χ0v) is 18.5. The van der Waals surface area contributed by atoms with Gasteiger partial charge in [-0.2, -0.15) is 4.31 Å². The van der Waals surface area contributed by atoms with Gasteiger partial charge in [0.2, 0.25) is 10.0 Å². The Morgan fingerprint density at radius 2 is 1.60 bits per heavy atom. The molecule has 2 aromatic rings. The number of rotatable bonds is 6. The maximum atomic E-state index is 13.4. The summed E-state index contributed by atoms with van der Waals surface area (Å²) < 4.78 is 28.6. The molecule has 1 N–H and O–H groups in total. The maximum Gasteiger partial charge on any atom is 0.257 e. The Balaban J connectivity index is 1.51. The third kappa shape index (κ3) is 4.54. The number of sulfonamides is 1. The van der Waals surface area contributed by atoms with E-state index < -0.39 is 10.0 Å². The number of carbonyl (C=O) groups is 1. The molecule has 0 unspecified atom stereocenters. The molecule has 2 aliphatic rings. The van der Waals surface area contributed by atoms with Crippen LogP contribution in [0.4, 0.5) is 5.69 Å². The van der Waals surface area contributed by atoms with Crippen LogP contribution in [0.15, 0.2) is 53.4 Å². The Kier molecular flexibility index (Phi) is 6.16. The number of halogens is 1. The Labute approximate surface area is 182 Å². The van der Waals surface area contributed by atoms with Crippen molar-refractivity contribution in [2.45, 2.75) is 42.7 Å². The van der Waals surface area contributed by atoms with Crippen molar-refractivity contribution >= 4 is 33.2 Å². The summed E-state index contributed by atoms with van der Waals surface area (Å²) in [4.78, 5) is 14.9. The van der Waals surface area contributed by atoms with Gasteiger partial charge < -0.3 is 10.2 Å². The highest BCUT2D eigenvalue weighted by Crippen LogP contribution is 2.36. The maximum absolute atomic E-state index is 13.4. The first kappa shape index (κ1) is 21.3. The highest BCUT2D eigenvalue weighted by molar-refractivity contribution is 7.89. The number of hydrogen-bond donors (Lipinski definition) is 1. The van der Waals surface area contributed by atoms with Crippen molar-refractivity contribution in [2.75, 3.05) is 25.5 Å². The molecule has 1 aliphatic heterocycles. The topological polar surface area (TPSA) is 69.7 Å². The number of benzene rings is 2. The molecule has 0 aromatic heterocycles. The fourth-order valence-electron chi connectivity index (χ4n) is 3.94. The van der Waals surface area contributed by atoms with Crippen molar-refractivity contribution in [3.05, 3.63) is 59.1 Å². The van der Waals surface area contributed by atoms with Gasteiger partial charge in [-0.1, -0.05) is 23.7 Å². The first-order valence-electron chi connectivity index (χ1n) is 10.2. The monoisotopic (exact) mass is 447 g/mol. The zero-order valence-electron chi connectivity index (χ0n) is 16.9. The molecule has 2 aromatic carbocycles. The van der Waals surface area contributed by atoms with E-state index in [1.54, 1.807) is 52.8 Å². The van der Waals surface area contributed by atoms with Gasteiger partial charge in [0.05, 0.1) is 15.5 Å². The number of carbonyl (C=O) groups excluding carboxylic acids is 1. The van der Waals surface area contributed by atoms with E-state index in [9.17, 15) is 13.2 Å². The standard InChI is InChI=1S/C22H26ClN3O3S/c1-25-14-12-18(13-15-25)26(17-8-9-17)30(28,29)19-10-6-16(7-11-19)24-22(27)20-4-2-3-5-21(20)23/h2-7,10-11,17-18H,8-9,12-15H2,1H3,(H,24,27). The van der Waals surface area contributed by atoms with Gasteiger partial charge in [-0.15, -0.1) is 0 Å². The van der Waals surface area contributed by atoms with Gasteiger partial charge in [0.15, 0.2) is 0 Å². The van der Waals surface area contributed by atoms with Gasteiger partial charge in [-0.25, -0.2) is 8.42 Å². The highest BCUT2D eigenvalue weighted by Gasteiger charge is 2.43. The summed E-state index contributed by atoms with van der Waals surface area (Å²) in [5.74, 6) is -0.331. The van der Waals surface area contributed by atoms with E-state index >= 15 is 0 Å². The van der Waals surface area contributed by atoms with Gasteiger partial charge in [-0.3, -0.25) is 4.79 Å². The Hall–Kier alpha value is -1.93. The Bertz CT molecular complexity index is 1010. The van der Waals surface area contributed by atoms with Crippen molar-refractivity contribution < 1.29 is 13.2 Å². The number of amides is 1. The first-order valence-corrected chi connectivity index (χ1v) is 12.1. The molecule has 6 nitrogen and oxygen atoms in total. The number of likely N-dealkylation sites (tertiary alicyclic amines) is 1. The molecule has 1 heterocycles. The second-order valence-corrected chi connectivity index (χ2v) is 10.3. The lowest BCUT2D eigenvalue weighted by Gasteiger charge is -2.36. The number of nitrogens with zero attached hydrogens (tertiary/aromatic N) is 2. The van der Waals surface area contributed by atoms with Crippen molar-refractivity contribution in [3.8, 4) is 0 Å². The lowest BCUT2D eigenvalue weighted by molar-refractivity contribution is 0.102. The molecule has 4 rings (SSSR count). The van der Waals surface area contributed by atoms with Crippen LogP contribution in [0.1, 0.15) is 36.0 Å².